The first-order valence-electron chi connectivity index (χ1n) is 14.6. The standard InChI is InChI=1S/C31H30F2N6O5/c1-16-14-37(17(2)40)12-11-21(16)39-22-9-5-4-8-20(22)34-31(39)43-18-13-23(30(41)42)38(15-18)29-26-25(35-28(36-29)27(32)33)19-7-3-6-10-24(19)44-26/h3-10,16,18,21,23,27H,11-15H2,1-2H3,(H,41,42)/t16?,18-,21+,23-/m0/s1. The van der Waals surface area contributed by atoms with Gasteiger partial charge in [0.2, 0.25) is 5.91 Å². The van der Waals surface area contributed by atoms with Crippen molar-refractivity contribution in [2.75, 3.05) is 24.5 Å². The Labute approximate surface area is 250 Å². The topological polar surface area (TPSA) is 127 Å². The number of alkyl halides is 2. The molecule has 0 radical (unpaired) electrons. The quantitative estimate of drug-likeness (QED) is 0.278. The van der Waals surface area contributed by atoms with Gasteiger partial charge in [-0.2, -0.15) is 4.98 Å². The Morgan fingerprint density at radius 3 is 2.59 bits per heavy atom. The van der Waals surface area contributed by atoms with Crippen LogP contribution < -0.4 is 9.64 Å². The van der Waals surface area contributed by atoms with Gasteiger partial charge < -0.3 is 24.1 Å². The average Bonchev–Trinajstić information content (AvgIpc) is 3.70. The largest absolute Gasteiger partial charge is 0.480 e. The second-order valence-corrected chi connectivity index (χ2v) is 11.5. The molecule has 1 N–H and O–H groups in total. The van der Waals surface area contributed by atoms with Gasteiger partial charge in [0.1, 0.15) is 23.2 Å². The number of aromatic nitrogens is 4. The van der Waals surface area contributed by atoms with E-state index in [9.17, 15) is 23.5 Å². The Hall–Kier alpha value is -4.81. The molecule has 2 aromatic carbocycles. The molecular formula is C31H30F2N6O5. The van der Waals surface area contributed by atoms with Crippen molar-refractivity contribution in [2.24, 2.45) is 5.92 Å². The average molecular weight is 605 g/mol. The highest BCUT2D eigenvalue weighted by Gasteiger charge is 2.42. The summed E-state index contributed by atoms with van der Waals surface area (Å²) >= 11 is 0. The summed E-state index contributed by atoms with van der Waals surface area (Å²) in [5.74, 6) is -1.73. The molecule has 2 saturated heterocycles. The second kappa shape index (κ2) is 10.7. The van der Waals surface area contributed by atoms with E-state index in [4.69, 9.17) is 14.1 Å². The Kier molecular flexibility index (Phi) is 6.82. The maximum absolute atomic E-state index is 14.0. The fourth-order valence-corrected chi connectivity index (χ4v) is 6.61. The van der Waals surface area contributed by atoms with Crippen molar-refractivity contribution in [1.29, 1.82) is 0 Å². The number of rotatable bonds is 6. The van der Waals surface area contributed by atoms with Crippen LogP contribution in [0.15, 0.2) is 52.9 Å². The number of piperidine rings is 1. The van der Waals surface area contributed by atoms with Crippen molar-refractivity contribution in [3.63, 3.8) is 0 Å². The van der Waals surface area contributed by atoms with Crippen molar-refractivity contribution in [3.8, 4) is 6.01 Å². The van der Waals surface area contributed by atoms with Gasteiger partial charge in [-0.05, 0) is 36.6 Å². The van der Waals surface area contributed by atoms with E-state index in [0.29, 0.717) is 36.5 Å². The predicted molar refractivity (Wildman–Crippen MR) is 157 cm³/mol. The number of aliphatic carboxylic acids is 1. The first-order chi connectivity index (χ1) is 21.2. The smallest absolute Gasteiger partial charge is 0.326 e. The fourth-order valence-electron chi connectivity index (χ4n) is 6.61. The Bertz CT molecular complexity index is 1910. The number of para-hydroxylation sites is 3. The lowest BCUT2D eigenvalue weighted by Gasteiger charge is -2.37. The highest BCUT2D eigenvalue weighted by atomic mass is 19.3. The molecule has 3 aromatic heterocycles. The molecule has 11 nitrogen and oxygen atoms in total. The van der Waals surface area contributed by atoms with Crippen molar-refractivity contribution in [2.45, 2.75) is 51.3 Å². The molecule has 7 rings (SSSR count). The number of hydrogen-bond acceptors (Lipinski definition) is 8. The van der Waals surface area contributed by atoms with Crippen molar-refractivity contribution in [3.05, 3.63) is 54.4 Å². The van der Waals surface area contributed by atoms with Crippen LogP contribution in [0.5, 0.6) is 6.01 Å². The van der Waals surface area contributed by atoms with Crippen molar-refractivity contribution >= 4 is 50.8 Å². The molecule has 13 heteroatoms. The van der Waals surface area contributed by atoms with Crippen LogP contribution in [0.25, 0.3) is 33.1 Å². The SMILES string of the molecule is CC(=O)N1CC[C@@H](n2c(O[C@H]3C[C@@H](C(=O)O)N(c4nc(C(F)F)nc5c4oc4ccccc45)C3)nc3ccccc32)C(C)C1. The summed E-state index contributed by atoms with van der Waals surface area (Å²) in [4.78, 5) is 40.8. The second-order valence-electron chi connectivity index (χ2n) is 11.5. The monoisotopic (exact) mass is 604 g/mol. The van der Waals surface area contributed by atoms with Gasteiger partial charge in [0, 0.05) is 37.9 Å². The first kappa shape index (κ1) is 28.0. The summed E-state index contributed by atoms with van der Waals surface area (Å²) in [6.45, 7) is 4.90. The number of amides is 1. The third-order valence-electron chi connectivity index (χ3n) is 8.71. The molecule has 0 saturated carbocycles. The summed E-state index contributed by atoms with van der Waals surface area (Å²) in [6.07, 6.45) is -2.86. The van der Waals surface area contributed by atoms with Crippen LogP contribution in [0.1, 0.15) is 45.0 Å². The number of likely N-dealkylation sites (tertiary alicyclic amines) is 1. The number of furan rings is 1. The minimum absolute atomic E-state index is 0.00795. The normalized spacial score (nSPS) is 22.5. The van der Waals surface area contributed by atoms with Gasteiger partial charge in [0.05, 0.1) is 17.6 Å². The Morgan fingerprint density at radius 1 is 1.07 bits per heavy atom. The van der Waals surface area contributed by atoms with E-state index in [-0.39, 0.29) is 47.8 Å². The number of anilines is 1. The minimum atomic E-state index is -2.97. The number of carboxylic acids is 1. The highest BCUT2D eigenvalue weighted by Crippen LogP contribution is 2.40. The summed E-state index contributed by atoms with van der Waals surface area (Å²) in [5.41, 5.74) is 2.38. The number of benzene rings is 2. The zero-order chi connectivity index (χ0) is 30.7. The van der Waals surface area contributed by atoms with E-state index in [1.54, 1.807) is 31.2 Å². The molecule has 0 spiro atoms. The summed E-state index contributed by atoms with van der Waals surface area (Å²) in [6, 6.07) is 13.8. The molecule has 2 fully saturated rings. The summed E-state index contributed by atoms with van der Waals surface area (Å²) in [7, 11) is 0. The first-order valence-corrected chi connectivity index (χ1v) is 14.6. The zero-order valence-corrected chi connectivity index (χ0v) is 24.1. The van der Waals surface area contributed by atoms with E-state index >= 15 is 0 Å². The van der Waals surface area contributed by atoms with Crippen LogP contribution in [0.3, 0.4) is 0 Å². The van der Waals surface area contributed by atoms with Gasteiger partial charge >= 0.3 is 5.97 Å². The highest BCUT2D eigenvalue weighted by molar-refractivity contribution is 6.06. The van der Waals surface area contributed by atoms with Crippen molar-refractivity contribution in [1.82, 2.24) is 24.4 Å². The van der Waals surface area contributed by atoms with Crippen LogP contribution in [0, 0.1) is 5.92 Å². The number of carbonyl (C=O) groups excluding carboxylic acids is 1. The molecule has 1 unspecified atom stereocenters. The van der Waals surface area contributed by atoms with Crippen molar-refractivity contribution < 1.29 is 32.6 Å². The number of hydrogen-bond donors (Lipinski definition) is 1. The van der Waals surface area contributed by atoms with E-state index < -0.39 is 30.4 Å². The third kappa shape index (κ3) is 4.66. The summed E-state index contributed by atoms with van der Waals surface area (Å²) in [5, 5.41) is 10.8. The maximum Gasteiger partial charge on any atom is 0.326 e. The lowest BCUT2D eigenvalue weighted by Crippen LogP contribution is -2.42. The van der Waals surface area contributed by atoms with Crippen LogP contribution in [0.2, 0.25) is 0 Å². The fraction of sp³-hybridized carbons (Fsp3) is 0.387. The Morgan fingerprint density at radius 2 is 1.84 bits per heavy atom. The molecule has 0 bridgehead atoms. The Balaban J connectivity index is 1.26. The molecule has 2 aliphatic heterocycles. The molecule has 4 atom stereocenters. The van der Waals surface area contributed by atoms with Crippen LogP contribution in [0.4, 0.5) is 14.6 Å². The van der Waals surface area contributed by atoms with Crippen LogP contribution in [-0.4, -0.2) is 73.2 Å². The lowest BCUT2D eigenvalue weighted by molar-refractivity contribution is -0.138. The molecule has 2 aliphatic rings. The molecule has 5 aromatic rings. The molecule has 44 heavy (non-hydrogen) atoms. The van der Waals surface area contributed by atoms with Gasteiger partial charge in [-0.1, -0.05) is 31.2 Å². The van der Waals surface area contributed by atoms with Gasteiger partial charge in [-0.3, -0.25) is 9.36 Å². The molecule has 0 aliphatic carbocycles. The van der Waals surface area contributed by atoms with Crippen LogP contribution in [-0.2, 0) is 9.59 Å². The van der Waals surface area contributed by atoms with Gasteiger partial charge in [0.15, 0.2) is 17.2 Å². The number of carbonyl (C=O) groups is 2. The number of carboxylic acid groups (broad SMARTS) is 1. The number of fused-ring (bicyclic) bond motifs is 4. The van der Waals surface area contributed by atoms with Gasteiger partial charge in [0.25, 0.3) is 12.4 Å². The molecule has 5 heterocycles. The van der Waals surface area contributed by atoms with E-state index in [1.807, 2.05) is 33.7 Å². The molecule has 1 amide bonds. The van der Waals surface area contributed by atoms with Gasteiger partial charge in [-0.15, -0.1) is 0 Å². The number of imidazole rings is 1. The van der Waals surface area contributed by atoms with E-state index in [2.05, 4.69) is 16.9 Å². The number of ether oxygens (including phenoxy) is 1. The zero-order valence-electron chi connectivity index (χ0n) is 24.1. The van der Waals surface area contributed by atoms with E-state index in [1.165, 1.54) is 4.90 Å². The number of halogens is 2. The minimum Gasteiger partial charge on any atom is -0.480 e. The van der Waals surface area contributed by atoms with E-state index in [0.717, 1.165) is 11.0 Å². The molecule has 228 valence electrons. The molecular weight excluding hydrogens is 574 g/mol. The summed E-state index contributed by atoms with van der Waals surface area (Å²) < 4.78 is 42.5. The maximum atomic E-state index is 14.0. The van der Waals surface area contributed by atoms with Crippen LogP contribution >= 0.6 is 0 Å². The lowest BCUT2D eigenvalue weighted by atomic mass is 9.93. The predicted octanol–water partition coefficient (Wildman–Crippen LogP) is 5.20. The number of nitrogens with zero attached hydrogens (tertiary/aromatic N) is 6. The third-order valence-corrected chi connectivity index (χ3v) is 8.71. The van der Waals surface area contributed by atoms with Gasteiger partial charge in [-0.25, -0.2) is 23.5 Å².